The van der Waals surface area contributed by atoms with Crippen LogP contribution < -0.4 is 5.32 Å². The topological polar surface area (TPSA) is 21.3 Å². The molecule has 4 aliphatic rings. The lowest BCUT2D eigenvalue weighted by atomic mass is 9.82. The lowest BCUT2D eigenvalue weighted by Gasteiger charge is -2.40. The van der Waals surface area contributed by atoms with E-state index < -0.39 is 0 Å². The maximum atomic E-state index is 6.15. The number of rotatable bonds is 3. The molecule has 4 rings (SSSR count). The van der Waals surface area contributed by atoms with Gasteiger partial charge in [-0.25, -0.2) is 0 Å². The van der Waals surface area contributed by atoms with Crippen LogP contribution in [0, 0.1) is 17.8 Å². The summed E-state index contributed by atoms with van der Waals surface area (Å²) < 4.78 is 6.15. The van der Waals surface area contributed by atoms with E-state index in [0.29, 0.717) is 6.04 Å². The van der Waals surface area contributed by atoms with Crippen molar-refractivity contribution in [3.63, 3.8) is 0 Å². The second-order valence-electron chi connectivity index (χ2n) is 7.82. The molecule has 6 atom stereocenters. The first kappa shape index (κ1) is 13.9. The zero-order chi connectivity index (χ0) is 13.6. The Balaban J connectivity index is 1.34. The van der Waals surface area contributed by atoms with Crippen LogP contribution in [0.5, 0.6) is 0 Å². The van der Waals surface area contributed by atoms with Gasteiger partial charge in [0.25, 0.3) is 0 Å². The number of thioether (sulfide) groups is 1. The summed E-state index contributed by atoms with van der Waals surface area (Å²) in [5.41, 5.74) is 0.231. The number of ether oxygens (including phenoxy) is 1. The summed E-state index contributed by atoms with van der Waals surface area (Å²) >= 11 is 2.08. The van der Waals surface area contributed by atoms with Crippen LogP contribution in [-0.4, -0.2) is 35.8 Å². The van der Waals surface area contributed by atoms with Gasteiger partial charge in [0.05, 0.1) is 5.60 Å². The summed E-state index contributed by atoms with van der Waals surface area (Å²) in [5.74, 6) is 5.60. The molecule has 2 aliphatic heterocycles. The summed E-state index contributed by atoms with van der Waals surface area (Å²) in [6.07, 6.45) is 9.82. The summed E-state index contributed by atoms with van der Waals surface area (Å²) in [6.45, 7) is 3.43. The third kappa shape index (κ3) is 2.55. The second kappa shape index (κ2) is 5.48. The van der Waals surface area contributed by atoms with Crippen molar-refractivity contribution < 1.29 is 4.74 Å². The van der Waals surface area contributed by atoms with Gasteiger partial charge in [-0.05, 0) is 69.0 Å². The van der Waals surface area contributed by atoms with Crippen molar-refractivity contribution in [2.75, 3.05) is 18.1 Å². The molecule has 0 aromatic heterocycles. The average Bonchev–Trinajstić information content (AvgIpc) is 3.15. The van der Waals surface area contributed by atoms with Gasteiger partial charge in [0, 0.05) is 24.4 Å². The zero-order valence-electron chi connectivity index (χ0n) is 12.8. The first-order valence-electron chi connectivity index (χ1n) is 8.72. The Morgan fingerprint density at radius 1 is 1.25 bits per heavy atom. The first-order valence-corrected chi connectivity index (χ1v) is 9.87. The fraction of sp³-hybridized carbons (Fsp3) is 1.00. The van der Waals surface area contributed by atoms with E-state index in [0.717, 1.165) is 30.4 Å². The van der Waals surface area contributed by atoms with Gasteiger partial charge in [0.2, 0.25) is 0 Å². The smallest absolute Gasteiger partial charge is 0.0795 e. The van der Waals surface area contributed by atoms with Gasteiger partial charge in [0.1, 0.15) is 0 Å². The summed E-state index contributed by atoms with van der Waals surface area (Å²) in [7, 11) is 0. The Kier molecular flexibility index (Phi) is 3.81. The molecule has 0 aromatic carbocycles. The molecule has 2 heterocycles. The Morgan fingerprint density at radius 3 is 2.90 bits per heavy atom. The van der Waals surface area contributed by atoms with Gasteiger partial charge in [0.15, 0.2) is 0 Å². The highest BCUT2D eigenvalue weighted by atomic mass is 32.2. The molecule has 2 nitrogen and oxygen atoms in total. The fourth-order valence-corrected chi connectivity index (χ4v) is 6.81. The molecule has 0 radical (unpaired) electrons. The quantitative estimate of drug-likeness (QED) is 0.861. The van der Waals surface area contributed by atoms with Crippen LogP contribution in [0.15, 0.2) is 0 Å². The molecule has 0 aromatic rings. The SMILES string of the molecule is CC(NC1CCOC2(CCSC2)C1)C1CC2CCC1C2. The van der Waals surface area contributed by atoms with Crippen LogP contribution in [0.25, 0.3) is 0 Å². The Morgan fingerprint density at radius 2 is 2.20 bits per heavy atom. The van der Waals surface area contributed by atoms with Crippen molar-refractivity contribution in [1.29, 1.82) is 0 Å². The Hall–Kier alpha value is 0.270. The predicted octanol–water partition coefficient (Wildman–Crippen LogP) is 3.46. The van der Waals surface area contributed by atoms with E-state index >= 15 is 0 Å². The van der Waals surface area contributed by atoms with Gasteiger partial charge >= 0.3 is 0 Å². The van der Waals surface area contributed by atoms with Crippen molar-refractivity contribution in [2.45, 2.75) is 69.6 Å². The molecule has 20 heavy (non-hydrogen) atoms. The largest absolute Gasteiger partial charge is 0.374 e. The van der Waals surface area contributed by atoms with Crippen LogP contribution in [-0.2, 0) is 4.74 Å². The van der Waals surface area contributed by atoms with E-state index in [4.69, 9.17) is 4.74 Å². The zero-order valence-corrected chi connectivity index (χ0v) is 13.6. The molecular weight excluding hydrogens is 266 g/mol. The number of hydrogen-bond donors (Lipinski definition) is 1. The van der Waals surface area contributed by atoms with E-state index in [-0.39, 0.29) is 5.60 Å². The van der Waals surface area contributed by atoms with Gasteiger partial charge < -0.3 is 10.1 Å². The van der Waals surface area contributed by atoms with Gasteiger partial charge in [-0.3, -0.25) is 0 Å². The average molecular weight is 295 g/mol. The van der Waals surface area contributed by atoms with Crippen LogP contribution in [0.4, 0.5) is 0 Å². The molecule has 114 valence electrons. The molecule has 1 N–H and O–H groups in total. The summed E-state index contributed by atoms with van der Waals surface area (Å²) in [4.78, 5) is 0. The van der Waals surface area contributed by atoms with Crippen molar-refractivity contribution in [3.8, 4) is 0 Å². The minimum absolute atomic E-state index is 0.231. The minimum Gasteiger partial charge on any atom is -0.374 e. The van der Waals surface area contributed by atoms with Crippen molar-refractivity contribution in [3.05, 3.63) is 0 Å². The number of fused-ring (bicyclic) bond motifs is 2. The first-order chi connectivity index (χ1) is 9.74. The highest BCUT2D eigenvalue weighted by molar-refractivity contribution is 7.99. The molecule has 1 spiro atoms. The molecule has 2 saturated carbocycles. The van der Waals surface area contributed by atoms with E-state index in [9.17, 15) is 0 Å². The molecule has 0 amide bonds. The lowest BCUT2D eigenvalue weighted by Crippen LogP contribution is -2.51. The molecule has 2 aliphatic carbocycles. The Labute approximate surface area is 127 Å². The normalized spacial score (nSPS) is 49.0. The molecule has 2 saturated heterocycles. The standard InChI is InChI=1S/C17H29NOS/c1-12(16-9-13-2-3-14(16)8-13)18-15-4-6-19-17(10-15)5-7-20-11-17/h12-16,18H,2-11H2,1H3. The lowest BCUT2D eigenvalue weighted by molar-refractivity contribution is -0.0721. The molecular formula is C17H29NOS. The predicted molar refractivity (Wildman–Crippen MR) is 85.2 cm³/mol. The van der Waals surface area contributed by atoms with E-state index in [1.54, 1.807) is 0 Å². The Bertz CT molecular complexity index is 355. The monoisotopic (exact) mass is 295 g/mol. The maximum Gasteiger partial charge on any atom is 0.0795 e. The van der Waals surface area contributed by atoms with Crippen molar-refractivity contribution >= 4 is 11.8 Å². The summed E-state index contributed by atoms with van der Waals surface area (Å²) in [5, 5.41) is 4.01. The number of hydrogen-bond acceptors (Lipinski definition) is 3. The van der Waals surface area contributed by atoms with Gasteiger partial charge in [-0.15, -0.1) is 0 Å². The third-order valence-electron chi connectivity index (χ3n) is 6.49. The third-order valence-corrected chi connectivity index (χ3v) is 7.72. The maximum absolute atomic E-state index is 6.15. The van der Waals surface area contributed by atoms with Crippen LogP contribution in [0.3, 0.4) is 0 Å². The van der Waals surface area contributed by atoms with Crippen molar-refractivity contribution in [2.24, 2.45) is 17.8 Å². The van der Waals surface area contributed by atoms with Crippen LogP contribution in [0.2, 0.25) is 0 Å². The molecule has 6 unspecified atom stereocenters. The second-order valence-corrected chi connectivity index (χ2v) is 8.92. The van der Waals surface area contributed by atoms with Crippen LogP contribution >= 0.6 is 11.8 Å². The molecule has 3 heteroatoms. The van der Waals surface area contributed by atoms with Crippen molar-refractivity contribution in [1.82, 2.24) is 5.32 Å². The van der Waals surface area contributed by atoms with Gasteiger partial charge in [-0.2, -0.15) is 11.8 Å². The fourth-order valence-electron chi connectivity index (χ4n) is 5.44. The summed E-state index contributed by atoms with van der Waals surface area (Å²) in [6, 6.07) is 1.43. The highest BCUT2D eigenvalue weighted by Gasteiger charge is 2.44. The molecule has 2 bridgehead atoms. The van der Waals surface area contributed by atoms with E-state index in [2.05, 4.69) is 24.0 Å². The number of nitrogens with one attached hydrogen (secondary N) is 1. The molecule has 4 fully saturated rings. The highest BCUT2D eigenvalue weighted by Crippen LogP contribution is 2.49. The van der Waals surface area contributed by atoms with E-state index in [1.807, 2.05) is 0 Å². The van der Waals surface area contributed by atoms with Crippen LogP contribution in [0.1, 0.15) is 51.9 Å². The minimum atomic E-state index is 0.231. The van der Waals surface area contributed by atoms with E-state index in [1.165, 1.54) is 56.5 Å². The van der Waals surface area contributed by atoms with Gasteiger partial charge in [-0.1, -0.05) is 6.42 Å².